The summed E-state index contributed by atoms with van der Waals surface area (Å²) in [6.45, 7) is 10.1. The third kappa shape index (κ3) is 3.45. The van der Waals surface area contributed by atoms with Crippen LogP contribution in [0.4, 0.5) is 0 Å². The van der Waals surface area contributed by atoms with Crippen LogP contribution in [0.25, 0.3) is 0 Å². The van der Waals surface area contributed by atoms with Gasteiger partial charge in [0.05, 0.1) is 0 Å². The molecule has 0 aliphatic carbocycles. The molecule has 1 aromatic rings. The molecule has 1 aliphatic heterocycles. The molecule has 2 atom stereocenters. The van der Waals surface area contributed by atoms with Gasteiger partial charge in [0.2, 0.25) is 0 Å². The summed E-state index contributed by atoms with van der Waals surface area (Å²) in [5.74, 6) is 0. The standard InChI is InChI=1S/C12H20N2S.ClH/c1-9-7-14(10(2)6-13-9)8-12-5-4-11(3)15-12;/h4-5,9-10,13H,6-8H2,1-3H3;1H. The van der Waals surface area contributed by atoms with Crippen LogP contribution in [0.5, 0.6) is 0 Å². The van der Waals surface area contributed by atoms with Gasteiger partial charge in [0.1, 0.15) is 0 Å². The molecule has 0 amide bonds. The lowest BCUT2D eigenvalue weighted by atomic mass is 10.1. The maximum Gasteiger partial charge on any atom is 0.0332 e. The van der Waals surface area contributed by atoms with E-state index in [2.05, 4.69) is 43.1 Å². The highest BCUT2D eigenvalue weighted by Crippen LogP contribution is 2.19. The number of thiophene rings is 1. The molecule has 1 saturated heterocycles. The monoisotopic (exact) mass is 260 g/mol. The Kier molecular flexibility index (Phi) is 5.25. The topological polar surface area (TPSA) is 15.3 Å². The summed E-state index contributed by atoms with van der Waals surface area (Å²) in [5, 5.41) is 3.51. The lowest BCUT2D eigenvalue weighted by Crippen LogP contribution is -2.53. The first-order valence-electron chi connectivity index (χ1n) is 5.68. The molecule has 1 aromatic heterocycles. The van der Waals surface area contributed by atoms with Crippen LogP contribution in [0.3, 0.4) is 0 Å². The maximum atomic E-state index is 3.51. The molecule has 0 radical (unpaired) electrons. The van der Waals surface area contributed by atoms with Crippen molar-refractivity contribution in [1.82, 2.24) is 10.2 Å². The fourth-order valence-electron chi connectivity index (χ4n) is 2.09. The molecular formula is C12H21ClN2S. The lowest BCUT2D eigenvalue weighted by molar-refractivity contribution is 0.140. The molecule has 0 aromatic carbocycles. The van der Waals surface area contributed by atoms with Crippen LogP contribution < -0.4 is 5.32 Å². The Labute approximate surface area is 108 Å². The summed E-state index contributed by atoms with van der Waals surface area (Å²) in [4.78, 5) is 5.49. The molecule has 0 spiro atoms. The number of rotatable bonds is 2. The normalized spacial score (nSPS) is 26.4. The van der Waals surface area contributed by atoms with Gasteiger partial charge in [-0.05, 0) is 32.9 Å². The van der Waals surface area contributed by atoms with Crippen molar-refractivity contribution < 1.29 is 0 Å². The second-order valence-electron chi connectivity index (χ2n) is 4.60. The highest BCUT2D eigenvalue weighted by Gasteiger charge is 2.22. The molecule has 1 N–H and O–H groups in total. The number of halogens is 1. The van der Waals surface area contributed by atoms with Gasteiger partial charge in [0.15, 0.2) is 0 Å². The average Bonchev–Trinajstić information content (AvgIpc) is 2.58. The van der Waals surface area contributed by atoms with E-state index >= 15 is 0 Å². The Bertz CT molecular complexity index is 327. The van der Waals surface area contributed by atoms with Crippen LogP contribution in [0.1, 0.15) is 23.6 Å². The minimum Gasteiger partial charge on any atom is -0.311 e. The summed E-state index contributed by atoms with van der Waals surface area (Å²) in [6.07, 6.45) is 0. The van der Waals surface area contributed by atoms with Crippen molar-refractivity contribution in [2.45, 2.75) is 39.4 Å². The van der Waals surface area contributed by atoms with Gasteiger partial charge < -0.3 is 5.32 Å². The Balaban J connectivity index is 0.00000128. The van der Waals surface area contributed by atoms with E-state index in [9.17, 15) is 0 Å². The molecule has 0 saturated carbocycles. The Hall–Kier alpha value is -0.0900. The minimum absolute atomic E-state index is 0. The number of aryl methyl sites for hydroxylation is 1. The molecule has 92 valence electrons. The molecular weight excluding hydrogens is 240 g/mol. The van der Waals surface area contributed by atoms with Gasteiger partial charge in [-0.2, -0.15) is 0 Å². The number of piperazine rings is 1. The predicted molar refractivity (Wildman–Crippen MR) is 73.6 cm³/mol. The fraction of sp³-hybridized carbons (Fsp3) is 0.667. The van der Waals surface area contributed by atoms with Crippen LogP contribution in [-0.4, -0.2) is 30.1 Å². The number of nitrogens with one attached hydrogen (secondary N) is 1. The van der Waals surface area contributed by atoms with E-state index in [1.54, 1.807) is 0 Å². The Morgan fingerprint density at radius 2 is 2.19 bits per heavy atom. The summed E-state index contributed by atoms with van der Waals surface area (Å²) < 4.78 is 0. The van der Waals surface area contributed by atoms with E-state index < -0.39 is 0 Å². The zero-order chi connectivity index (χ0) is 10.8. The largest absolute Gasteiger partial charge is 0.311 e. The number of hydrogen-bond acceptors (Lipinski definition) is 3. The Morgan fingerprint density at radius 3 is 2.81 bits per heavy atom. The van der Waals surface area contributed by atoms with Crippen molar-refractivity contribution >= 4 is 23.7 Å². The molecule has 2 nitrogen and oxygen atoms in total. The third-order valence-corrected chi connectivity index (χ3v) is 4.03. The molecule has 2 unspecified atom stereocenters. The molecule has 2 rings (SSSR count). The summed E-state index contributed by atoms with van der Waals surface area (Å²) in [6, 6.07) is 5.77. The SMILES string of the molecule is Cc1ccc(CN2CC(C)NCC2C)s1.Cl. The van der Waals surface area contributed by atoms with Crippen LogP contribution in [0.2, 0.25) is 0 Å². The van der Waals surface area contributed by atoms with E-state index in [-0.39, 0.29) is 12.4 Å². The van der Waals surface area contributed by atoms with Gasteiger partial charge in [0, 0.05) is 41.5 Å². The first-order chi connectivity index (χ1) is 7.15. The summed E-state index contributed by atoms with van der Waals surface area (Å²) >= 11 is 1.92. The zero-order valence-corrected chi connectivity index (χ0v) is 11.8. The van der Waals surface area contributed by atoms with Crippen molar-refractivity contribution in [3.8, 4) is 0 Å². The van der Waals surface area contributed by atoms with Crippen molar-refractivity contribution in [3.63, 3.8) is 0 Å². The van der Waals surface area contributed by atoms with E-state index in [0.717, 1.165) is 19.6 Å². The second kappa shape index (κ2) is 6.01. The van der Waals surface area contributed by atoms with Gasteiger partial charge in [-0.25, -0.2) is 0 Å². The van der Waals surface area contributed by atoms with Crippen LogP contribution in [-0.2, 0) is 6.54 Å². The van der Waals surface area contributed by atoms with Gasteiger partial charge >= 0.3 is 0 Å². The zero-order valence-electron chi connectivity index (χ0n) is 10.2. The van der Waals surface area contributed by atoms with E-state index in [1.807, 2.05) is 11.3 Å². The van der Waals surface area contributed by atoms with E-state index in [1.165, 1.54) is 9.75 Å². The molecule has 1 fully saturated rings. The summed E-state index contributed by atoms with van der Waals surface area (Å²) in [5.41, 5.74) is 0. The number of hydrogen-bond donors (Lipinski definition) is 1. The van der Waals surface area contributed by atoms with Crippen LogP contribution in [0, 0.1) is 6.92 Å². The molecule has 16 heavy (non-hydrogen) atoms. The lowest BCUT2D eigenvalue weighted by Gasteiger charge is -2.37. The van der Waals surface area contributed by atoms with Gasteiger partial charge in [0.25, 0.3) is 0 Å². The first kappa shape index (κ1) is 14.0. The van der Waals surface area contributed by atoms with Gasteiger partial charge in [-0.3, -0.25) is 4.90 Å². The minimum atomic E-state index is 0. The summed E-state index contributed by atoms with van der Waals surface area (Å²) in [7, 11) is 0. The Morgan fingerprint density at radius 1 is 1.44 bits per heavy atom. The molecule has 2 heterocycles. The predicted octanol–water partition coefficient (Wildman–Crippen LogP) is 2.66. The maximum absolute atomic E-state index is 3.51. The van der Waals surface area contributed by atoms with E-state index in [0.29, 0.717) is 12.1 Å². The highest BCUT2D eigenvalue weighted by atomic mass is 35.5. The fourth-order valence-corrected chi connectivity index (χ4v) is 3.00. The molecule has 0 bridgehead atoms. The van der Waals surface area contributed by atoms with Crippen molar-refractivity contribution in [1.29, 1.82) is 0 Å². The van der Waals surface area contributed by atoms with Crippen molar-refractivity contribution in [2.24, 2.45) is 0 Å². The van der Waals surface area contributed by atoms with Crippen molar-refractivity contribution in [2.75, 3.05) is 13.1 Å². The third-order valence-electron chi connectivity index (χ3n) is 3.05. The van der Waals surface area contributed by atoms with Gasteiger partial charge in [-0.1, -0.05) is 0 Å². The van der Waals surface area contributed by atoms with Gasteiger partial charge in [-0.15, -0.1) is 23.7 Å². The van der Waals surface area contributed by atoms with Crippen molar-refractivity contribution in [3.05, 3.63) is 21.9 Å². The van der Waals surface area contributed by atoms with Crippen LogP contribution in [0.15, 0.2) is 12.1 Å². The smallest absolute Gasteiger partial charge is 0.0332 e. The highest BCUT2D eigenvalue weighted by molar-refractivity contribution is 7.11. The second-order valence-corrected chi connectivity index (χ2v) is 5.97. The molecule has 4 heteroatoms. The molecule has 1 aliphatic rings. The first-order valence-corrected chi connectivity index (χ1v) is 6.49. The average molecular weight is 261 g/mol. The quantitative estimate of drug-likeness (QED) is 0.880. The van der Waals surface area contributed by atoms with E-state index in [4.69, 9.17) is 0 Å². The van der Waals surface area contributed by atoms with Crippen LogP contribution >= 0.6 is 23.7 Å². The number of nitrogens with zero attached hydrogens (tertiary/aromatic N) is 1.